The second kappa shape index (κ2) is 4.72. The van der Waals surface area contributed by atoms with Gasteiger partial charge in [0.1, 0.15) is 0 Å². The summed E-state index contributed by atoms with van der Waals surface area (Å²) in [6.07, 6.45) is 1.65. The number of aromatic nitrogens is 4. The first-order chi connectivity index (χ1) is 9.58. The average molecular weight is 285 g/mol. The molecule has 2 heterocycles. The van der Waals surface area contributed by atoms with Crippen LogP contribution in [0.25, 0.3) is 27.7 Å². The summed E-state index contributed by atoms with van der Waals surface area (Å²) in [4.78, 5) is 8.21. The Kier molecular flexibility index (Phi) is 3.03. The van der Waals surface area contributed by atoms with E-state index in [-0.39, 0.29) is 5.28 Å². The monoisotopic (exact) mass is 284 g/mol. The molecule has 5 heteroatoms. The molecule has 4 nitrogen and oxygen atoms in total. The molecule has 0 spiro atoms. The first kappa shape index (κ1) is 12.8. The zero-order valence-electron chi connectivity index (χ0n) is 11.3. The van der Waals surface area contributed by atoms with Crippen molar-refractivity contribution in [3.05, 3.63) is 48.0 Å². The van der Waals surface area contributed by atoms with Gasteiger partial charge in [-0.2, -0.15) is 5.10 Å². The van der Waals surface area contributed by atoms with E-state index in [2.05, 4.69) is 21.6 Å². The summed E-state index contributed by atoms with van der Waals surface area (Å²) < 4.78 is 1.85. The third-order valence-electron chi connectivity index (χ3n) is 3.17. The smallest absolute Gasteiger partial charge is 0.222 e. The van der Waals surface area contributed by atoms with Crippen LogP contribution in [0, 0.1) is 0 Å². The number of allylic oxidation sites excluding steroid dienone is 1. The second-order valence-electron chi connectivity index (χ2n) is 4.66. The topological polar surface area (TPSA) is 43.6 Å². The average Bonchev–Trinajstić information content (AvgIpc) is 2.74. The molecule has 100 valence electrons. The van der Waals surface area contributed by atoms with Crippen LogP contribution in [0.3, 0.4) is 0 Å². The number of aryl methyl sites for hydroxylation is 1. The molecule has 0 aliphatic rings. The highest BCUT2D eigenvalue weighted by Gasteiger charge is 2.15. The Hall–Kier alpha value is -2.20. The molecular formula is C15H13ClN4. The fourth-order valence-corrected chi connectivity index (χ4v) is 2.58. The van der Waals surface area contributed by atoms with Crippen LogP contribution in [-0.4, -0.2) is 19.7 Å². The first-order valence-electron chi connectivity index (χ1n) is 6.18. The van der Waals surface area contributed by atoms with E-state index in [4.69, 9.17) is 11.6 Å². The molecule has 0 N–H and O–H groups in total. The van der Waals surface area contributed by atoms with Crippen molar-refractivity contribution < 1.29 is 0 Å². The van der Waals surface area contributed by atoms with E-state index >= 15 is 0 Å². The third kappa shape index (κ3) is 1.98. The van der Waals surface area contributed by atoms with Gasteiger partial charge in [-0.15, -0.1) is 0 Å². The van der Waals surface area contributed by atoms with Crippen LogP contribution in [0.2, 0.25) is 5.28 Å². The highest BCUT2D eigenvalue weighted by Crippen LogP contribution is 2.32. The molecular weight excluding hydrogens is 272 g/mol. The summed E-state index contributed by atoms with van der Waals surface area (Å²) in [6, 6.07) is 7.79. The standard InChI is InChI=1S/C15H13ClN4/c1-9(2)14-13-10(11-7-8-17-15(16)18-11)5-4-6-12(13)19-20(14)3/h4-8H,1H2,2-3H3. The molecule has 0 aliphatic heterocycles. The van der Waals surface area contributed by atoms with E-state index in [1.807, 2.05) is 42.9 Å². The van der Waals surface area contributed by atoms with Crippen LogP contribution in [0.5, 0.6) is 0 Å². The van der Waals surface area contributed by atoms with Crippen LogP contribution in [0.1, 0.15) is 12.6 Å². The Balaban J connectivity index is 2.39. The van der Waals surface area contributed by atoms with Crippen LogP contribution < -0.4 is 0 Å². The molecule has 0 bridgehead atoms. The quantitative estimate of drug-likeness (QED) is 0.674. The third-order valence-corrected chi connectivity index (χ3v) is 3.35. The fourth-order valence-electron chi connectivity index (χ4n) is 2.43. The lowest BCUT2D eigenvalue weighted by Crippen LogP contribution is -1.95. The largest absolute Gasteiger partial charge is 0.267 e. The van der Waals surface area contributed by atoms with Gasteiger partial charge in [-0.05, 0) is 36.2 Å². The fraction of sp³-hybridized carbons (Fsp3) is 0.133. The normalized spacial score (nSPS) is 10.9. The minimum absolute atomic E-state index is 0.236. The second-order valence-corrected chi connectivity index (χ2v) is 5.00. The van der Waals surface area contributed by atoms with Crippen molar-refractivity contribution in [2.24, 2.45) is 7.05 Å². The summed E-state index contributed by atoms with van der Waals surface area (Å²) >= 11 is 5.89. The Labute approximate surface area is 121 Å². The lowest BCUT2D eigenvalue weighted by atomic mass is 10.0. The van der Waals surface area contributed by atoms with Gasteiger partial charge in [-0.3, -0.25) is 4.68 Å². The predicted molar refractivity (Wildman–Crippen MR) is 81.5 cm³/mol. The molecule has 0 saturated heterocycles. The molecule has 0 atom stereocenters. The zero-order valence-corrected chi connectivity index (χ0v) is 12.0. The Bertz CT molecular complexity index is 820. The molecule has 3 rings (SSSR count). The highest BCUT2D eigenvalue weighted by atomic mass is 35.5. The molecule has 3 aromatic rings. The van der Waals surface area contributed by atoms with E-state index in [0.29, 0.717) is 0 Å². The summed E-state index contributed by atoms with van der Waals surface area (Å²) in [5.74, 6) is 0. The molecule has 0 fully saturated rings. The lowest BCUT2D eigenvalue weighted by Gasteiger charge is -2.06. The maximum Gasteiger partial charge on any atom is 0.222 e. The molecule has 0 amide bonds. The summed E-state index contributed by atoms with van der Waals surface area (Å²) in [6.45, 7) is 6.01. The number of hydrogen-bond acceptors (Lipinski definition) is 3. The highest BCUT2D eigenvalue weighted by molar-refractivity contribution is 6.28. The van der Waals surface area contributed by atoms with Gasteiger partial charge < -0.3 is 0 Å². The van der Waals surface area contributed by atoms with Crippen molar-refractivity contribution in [1.82, 2.24) is 19.7 Å². The number of nitrogens with zero attached hydrogens (tertiary/aromatic N) is 4. The summed E-state index contributed by atoms with van der Waals surface area (Å²) in [5, 5.41) is 5.80. The van der Waals surface area contributed by atoms with Gasteiger partial charge in [0.2, 0.25) is 5.28 Å². The molecule has 2 aromatic heterocycles. The molecule has 0 unspecified atom stereocenters. The van der Waals surface area contributed by atoms with Crippen molar-refractivity contribution >= 4 is 28.1 Å². The van der Waals surface area contributed by atoms with Crippen molar-refractivity contribution in [3.63, 3.8) is 0 Å². The van der Waals surface area contributed by atoms with Gasteiger partial charge in [0.05, 0.1) is 16.9 Å². The van der Waals surface area contributed by atoms with Crippen LogP contribution in [-0.2, 0) is 7.05 Å². The molecule has 0 radical (unpaired) electrons. The minimum Gasteiger partial charge on any atom is -0.267 e. The van der Waals surface area contributed by atoms with Crippen LogP contribution in [0.4, 0.5) is 0 Å². The van der Waals surface area contributed by atoms with E-state index in [1.165, 1.54) is 0 Å². The predicted octanol–water partition coefficient (Wildman–Crippen LogP) is 3.72. The van der Waals surface area contributed by atoms with Crippen LogP contribution in [0.15, 0.2) is 37.0 Å². The van der Waals surface area contributed by atoms with E-state index < -0.39 is 0 Å². The number of fused-ring (bicyclic) bond motifs is 1. The van der Waals surface area contributed by atoms with Gasteiger partial charge in [0, 0.05) is 24.2 Å². The van der Waals surface area contributed by atoms with Crippen molar-refractivity contribution in [3.8, 4) is 11.3 Å². The van der Waals surface area contributed by atoms with E-state index in [9.17, 15) is 0 Å². The first-order valence-corrected chi connectivity index (χ1v) is 6.56. The van der Waals surface area contributed by atoms with Gasteiger partial charge >= 0.3 is 0 Å². The molecule has 1 aromatic carbocycles. The van der Waals surface area contributed by atoms with Gasteiger partial charge in [-0.1, -0.05) is 18.7 Å². The van der Waals surface area contributed by atoms with Crippen molar-refractivity contribution in [1.29, 1.82) is 0 Å². The van der Waals surface area contributed by atoms with E-state index in [1.54, 1.807) is 6.20 Å². The van der Waals surface area contributed by atoms with Crippen molar-refractivity contribution in [2.75, 3.05) is 0 Å². The number of halogens is 1. The van der Waals surface area contributed by atoms with Gasteiger partial charge in [-0.25, -0.2) is 9.97 Å². The molecule has 20 heavy (non-hydrogen) atoms. The van der Waals surface area contributed by atoms with E-state index in [0.717, 1.165) is 33.4 Å². The molecule has 0 saturated carbocycles. The zero-order chi connectivity index (χ0) is 14.3. The summed E-state index contributed by atoms with van der Waals surface area (Å²) in [5.41, 5.74) is 4.65. The number of benzene rings is 1. The Morgan fingerprint density at radius 1 is 1.30 bits per heavy atom. The van der Waals surface area contributed by atoms with Gasteiger partial charge in [0.15, 0.2) is 0 Å². The minimum atomic E-state index is 0.236. The number of rotatable bonds is 2. The number of hydrogen-bond donors (Lipinski definition) is 0. The van der Waals surface area contributed by atoms with Crippen LogP contribution >= 0.6 is 11.6 Å². The SMILES string of the molecule is C=C(C)c1c2c(-c3ccnc(Cl)n3)cccc2nn1C. The summed E-state index contributed by atoms with van der Waals surface area (Å²) in [7, 11) is 1.92. The lowest BCUT2D eigenvalue weighted by molar-refractivity contribution is 0.767. The maximum atomic E-state index is 5.89. The maximum absolute atomic E-state index is 5.89. The van der Waals surface area contributed by atoms with Gasteiger partial charge in [0.25, 0.3) is 0 Å². The molecule has 0 aliphatic carbocycles. The van der Waals surface area contributed by atoms with Crippen molar-refractivity contribution in [2.45, 2.75) is 6.92 Å². The Morgan fingerprint density at radius 2 is 2.10 bits per heavy atom. The Morgan fingerprint density at radius 3 is 2.80 bits per heavy atom.